The average Bonchev–Trinajstić information content (AvgIpc) is 3.03. The van der Waals surface area contributed by atoms with E-state index in [2.05, 4.69) is 0 Å². The van der Waals surface area contributed by atoms with Gasteiger partial charge in [-0.25, -0.2) is 0 Å². The van der Waals surface area contributed by atoms with Crippen molar-refractivity contribution >= 4 is 11.8 Å². The topological polar surface area (TPSA) is 66.6 Å². The van der Waals surface area contributed by atoms with E-state index in [0.717, 1.165) is 30.4 Å². The maximum atomic E-state index is 12.5. The van der Waals surface area contributed by atoms with E-state index in [4.69, 9.17) is 5.73 Å². The SMILES string of the molecule is Cc1ccccc1CC(=O)N1CCN(C(=O)C2CCC(N)C2)CC1. The number of benzene rings is 1. The van der Waals surface area contributed by atoms with Gasteiger partial charge in [0.1, 0.15) is 0 Å². The van der Waals surface area contributed by atoms with Crippen LogP contribution in [0.25, 0.3) is 0 Å². The minimum absolute atomic E-state index is 0.0919. The van der Waals surface area contributed by atoms with Gasteiger partial charge in [-0.1, -0.05) is 24.3 Å². The Morgan fingerprint density at radius 3 is 2.38 bits per heavy atom. The van der Waals surface area contributed by atoms with Gasteiger partial charge in [0.25, 0.3) is 0 Å². The van der Waals surface area contributed by atoms with E-state index in [0.29, 0.717) is 32.6 Å². The summed E-state index contributed by atoms with van der Waals surface area (Å²) >= 11 is 0. The number of rotatable bonds is 3. The predicted octanol–water partition coefficient (Wildman–Crippen LogP) is 1.34. The van der Waals surface area contributed by atoms with E-state index in [1.165, 1.54) is 0 Å². The lowest BCUT2D eigenvalue weighted by molar-refractivity contribution is -0.141. The second kappa shape index (κ2) is 7.34. The Morgan fingerprint density at radius 2 is 1.75 bits per heavy atom. The van der Waals surface area contributed by atoms with Crippen molar-refractivity contribution in [2.24, 2.45) is 11.7 Å². The molecule has 5 heteroatoms. The molecule has 3 rings (SSSR count). The standard InChI is InChI=1S/C19H27N3O2/c1-14-4-2-3-5-15(14)13-18(23)21-8-10-22(11-9-21)19(24)16-6-7-17(20)12-16/h2-5,16-17H,6-13,20H2,1H3. The van der Waals surface area contributed by atoms with E-state index in [-0.39, 0.29) is 23.8 Å². The van der Waals surface area contributed by atoms with Crippen LogP contribution < -0.4 is 5.73 Å². The number of carbonyl (C=O) groups excluding carboxylic acids is 2. The number of amides is 2. The van der Waals surface area contributed by atoms with Crippen LogP contribution >= 0.6 is 0 Å². The maximum Gasteiger partial charge on any atom is 0.227 e. The summed E-state index contributed by atoms with van der Waals surface area (Å²) in [5, 5.41) is 0. The third-order valence-corrected chi connectivity index (χ3v) is 5.37. The van der Waals surface area contributed by atoms with Crippen LogP contribution in [-0.4, -0.2) is 53.8 Å². The number of piperazine rings is 1. The van der Waals surface area contributed by atoms with Crippen molar-refractivity contribution in [1.29, 1.82) is 0 Å². The largest absolute Gasteiger partial charge is 0.339 e. The van der Waals surface area contributed by atoms with Gasteiger partial charge in [-0.3, -0.25) is 9.59 Å². The van der Waals surface area contributed by atoms with Crippen LogP contribution in [-0.2, 0) is 16.0 Å². The Labute approximate surface area is 143 Å². The molecule has 0 aromatic heterocycles. The second-order valence-corrected chi connectivity index (χ2v) is 7.08. The summed E-state index contributed by atoms with van der Waals surface area (Å²) in [4.78, 5) is 28.8. The van der Waals surface area contributed by atoms with Gasteiger partial charge in [0.2, 0.25) is 11.8 Å². The maximum absolute atomic E-state index is 12.5. The fraction of sp³-hybridized carbons (Fsp3) is 0.579. The van der Waals surface area contributed by atoms with Gasteiger partial charge in [0, 0.05) is 38.1 Å². The van der Waals surface area contributed by atoms with Crippen molar-refractivity contribution in [1.82, 2.24) is 9.80 Å². The first-order valence-corrected chi connectivity index (χ1v) is 8.91. The Balaban J connectivity index is 1.50. The fourth-order valence-electron chi connectivity index (χ4n) is 3.76. The molecule has 1 aliphatic carbocycles. The van der Waals surface area contributed by atoms with E-state index in [1.54, 1.807) is 0 Å². The normalized spacial score (nSPS) is 24.2. The van der Waals surface area contributed by atoms with E-state index >= 15 is 0 Å². The van der Waals surface area contributed by atoms with Crippen LogP contribution in [0.4, 0.5) is 0 Å². The van der Waals surface area contributed by atoms with Gasteiger partial charge < -0.3 is 15.5 Å². The molecular weight excluding hydrogens is 302 g/mol. The van der Waals surface area contributed by atoms with Crippen molar-refractivity contribution in [3.63, 3.8) is 0 Å². The smallest absolute Gasteiger partial charge is 0.227 e. The van der Waals surface area contributed by atoms with Crippen molar-refractivity contribution < 1.29 is 9.59 Å². The van der Waals surface area contributed by atoms with Crippen molar-refractivity contribution in [2.75, 3.05) is 26.2 Å². The van der Waals surface area contributed by atoms with E-state index in [1.807, 2.05) is 41.0 Å². The molecule has 2 fully saturated rings. The minimum Gasteiger partial charge on any atom is -0.339 e. The zero-order chi connectivity index (χ0) is 17.1. The third kappa shape index (κ3) is 3.78. The van der Waals surface area contributed by atoms with Crippen LogP contribution in [0.3, 0.4) is 0 Å². The lowest BCUT2D eigenvalue weighted by atomic mass is 10.0. The molecule has 2 aliphatic rings. The molecule has 0 spiro atoms. The van der Waals surface area contributed by atoms with Crippen LogP contribution in [0.5, 0.6) is 0 Å². The minimum atomic E-state index is 0.0919. The molecule has 0 bridgehead atoms. The third-order valence-electron chi connectivity index (χ3n) is 5.37. The molecule has 2 amide bonds. The molecular formula is C19H27N3O2. The lowest BCUT2D eigenvalue weighted by Gasteiger charge is -2.36. The summed E-state index contributed by atoms with van der Waals surface area (Å²) in [7, 11) is 0. The summed E-state index contributed by atoms with van der Waals surface area (Å²) in [5.74, 6) is 0.475. The number of hydrogen-bond acceptors (Lipinski definition) is 3. The molecule has 1 aliphatic heterocycles. The van der Waals surface area contributed by atoms with Crippen LogP contribution in [0.1, 0.15) is 30.4 Å². The zero-order valence-corrected chi connectivity index (χ0v) is 14.4. The van der Waals surface area contributed by atoms with Gasteiger partial charge in [0.05, 0.1) is 6.42 Å². The molecule has 0 radical (unpaired) electrons. The molecule has 1 heterocycles. The number of carbonyl (C=O) groups is 2. The summed E-state index contributed by atoms with van der Waals surface area (Å²) in [6, 6.07) is 8.18. The molecule has 5 nitrogen and oxygen atoms in total. The van der Waals surface area contributed by atoms with Crippen LogP contribution in [0.15, 0.2) is 24.3 Å². The van der Waals surface area contributed by atoms with Crippen molar-refractivity contribution in [3.8, 4) is 0 Å². The van der Waals surface area contributed by atoms with E-state index < -0.39 is 0 Å². The van der Waals surface area contributed by atoms with Gasteiger partial charge >= 0.3 is 0 Å². The molecule has 2 unspecified atom stereocenters. The summed E-state index contributed by atoms with van der Waals surface area (Å²) in [6.45, 7) is 4.59. The lowest BCUT2D eigenvalue weighted by Crippen LogP contribution is -2.52. The highest BCUT2D eigenvalue weighted by Gasteiger charge is 2.33. The molecule has 1 aromatic rings. The summed E-state index contributed by atoms with van der Waals surface area (Å²) in [5.41, 5.74) is 8.15. The Hall–Kier alpha value is -1.88. The van der Waals surface area contributed by atoms with Crippen LogP contribution in [0, 0.1) is 12.8 Å². The van der Waals surface area contributed by atoms with Crippen molar-refractivity contribution in [3.05, 3.63) is 35.4 Å². The molecule has 2 atom stereocenters. The predicted molar refractivity (Wildman–Crippen MR) is 93.4 cm³/mol. The van der Waals surface area contributed by atoms with Gasteiger partial charge in [-0.15, -0.1) is 0 Å². The van der Waals surface area contributed by atoms with E-state index in [9.17, 15) is 9.59 Å². The average molecular weight is 329 g/mol. The highest BCUT2D eigenvalue weighted by atomic mass is 16.2. The van der Waals surface area contributed by atoms with Gasteiger partial charge in [-0.05, 0) is 37.3 Å². The number of nitrogens with zero attached hydrogens (tertiary/aromatic N) is 2. The Bertz CT molecular complexity index is 608. The highest BCUT2D eigenvalue weighted by molar-refractivity contribution is 5.81. The first-order valence-electron chi connectivity index (χ1n) is 8.91. The number of hydrogen-bond donors (Lipinski definition) is 1. The Kier molecular flexibility index (Phi) is 5.19. The molecule has 1 saturated heterocycles. The van der Waals surface area contributed by atoms with Gasteiger partial charge in [0.15, 0.2) is 0 Å². The Morgan fingerprint density at radius 1 is 1.08 bits per heavy atom. The summed E-state index contributed by atoms with van der Waals surface area (Å²) in [6.07, 6.45) is 3.11. The fourth-order valence-corrected chi connectivity index (χ4v) is 3.76. The number of nitrogens with two attached hydrogens (primary N) is 1. The second-order valence-electron chi connectivity index (χ2n) is 7.08. The van der Waals surface area contributed by atoms with Gasteiger partial charge in [-0.2, -0.15) is 0 Å². The molecule has 130 valence electrons. The highest BCUT2D eigenvalue weighted by Crippen LogP contribution is 2.26. The van der Waals surface area contributed by atoms with Crippen molar-refractivity contribution in [2.45, 2.75) is 38.6 Å². The van der Waals surface area contributed by atoms with Crippen LogP contribution in [0.2, 0.25) is 0 Å². The molecule has 1 saturated carbocycles. The molecule has 24 heavy (non-hydrogen) atoms. The molecule has 2 N–H and O–H groups in total. The molecule has 1 aromatic carbocycles. The number of aryl methyl sites for hydroxylation is 1. The first-order chi connectivity index (χ1) is 11.5. The monoisotopic (exact) mass is 329 g/mol. The quantitative estimate of drug-likeness (QED) is 0.910. The first kappa shape index (κ1) is 17.0. The zero-order valence-electron chi connectivity index (χ0n) is 14.4. The summed E-state index contributed by atoms with van der Waals surface area (Å²) < 4.78 is 0.